The summed E-state index contributed by atoms with van der Waals surface area (Å²) in [4.78, 5) is 3.14. The summed E-state index contributed by atoms with van der Waals surface area (Å²) in [6.45, 7) is 4.14. The van der Waals surface area contributed by atoms with Crippen LogP contribution in [0.5, 0.6) is 0 Å². The van der Waals surface area contributed by atoms with E-state index < -0.39 is 0 Å². The summed E-state index contributed by atoms with van der Waals surface area (Å²) in [7, 11) is 0. The molecule has 0 spiro atoms. The zero-order valence-corrected chi connectivity index (χ0v) is 9.20. The van der Waals surface area contributed by atoms with E-state index >= 15 is 0 Å². The summed E-state index contributed by atoms with van der Waals surface area (Å²) in [6, 6.07) is 2.13. The van der Waals surface area contributed by atoms with Crippen LogP contribution < -0.4 is 4.57 Å². The van der Waals surface area contributed by atoms with Gasteiger partial charge in [0.2, 0.25) is 0 Å². The lowest BCUT2D eigenvalue weighted by atomic mass is 10.3. The molecule has 0 bridgehead atoms. The van der Waals surface area contributed by atoms with Gasteiger partial charge in [-0.2, -0.15) is 5.26 Å². The smallest absolute Gasteiger partial charge is 0.255 e. The Hall–Kier alpha value is -1.34. The van der Waals surface area contributed by atoms with Gasteiger partial charge in [0.05, 0.1) is 6.42 Å². The lowest BCUT2D eigenvalue weighted by Crippen LogP contribution is -2.35. The Bertz CT molecular complexity index is 314. The molecule has 82 valence electrons. The second-order valence-electron chi connectivity index (χ2n) is 3.41. The highest BCUT2D eigenvalue weighted by Crippen LogP contribution is 1.94. The van der Waals surface area contributed by atoms with Crippen molar-refractivity contribution in [2.24, 2.45) is 0 Å². The summed E-state index contributed by atoms with van der Waals surface area (Å²) < 4.78 is 7.32. The van der Waals surface area contributed by atoms with E-state index in [2.05, 4.69) is 18.0 Å². The van der Waals surface area contributed by atoms with Crippen LogP contribution in [-0.4, -0.2) is 18.2 Å². The molecule has 0 aromatic carbocycles. The fourth-order valence-corrected chi connectivity index (χ4v) is 1.42. The zero-order valence-electron chi connectivity index (χ0n) is 9.20. The maximum Gasteiger partial charge on any atom is 0.255 e. The number of aromatic amines is 1. The van der Waals surface area contributed by atoms with Crippen LogP contribution in [0.2, 0.25) is 0 Å². The van der Waals surface area contributed by atoms with Crippen molar-refractivity contribution in [2.45, 2.75) is 32.7 Å². The van der Waals surface area contributed by atoms with E-state index in [1.807, 2.05) is 17.0 Å². The van der Waals surface area contributed by atoms with E-state index in [1.165, 1.54) is 0 Å². The monoisotopic (exact) mass is 208 g/mol. The second kappa shape index (κ2) is 7.02. The Kier molecular flexibility index (Phi) is 5.49. The SMILES string of the molecule is CCCOCCCc1[nH]cc[n+]1CC#N. The topological polar surface area (TPSA) is 52.7 Å². The van der Waals surface area contributed by atoms with Crippen LogP contribution in [0.1, 0.15) is 25.6 Å². The van der Waals surface area contributed by atoms with Crippen LogP contribution >= 0.6 is 0 Å². The number of hydrogen-bond donors (Lipinski definition) is 1. The molecule has 0 amide bonds. The highest BCUT2D eigenvalue weighted by molar-refractivity contribution is 4.78. The fourth-order valence-electron chi connectivity index (χ4n) is 1.42. The van der Waals surface area contributed by atoms with Crippen LogP contribution in [-0.2, 0) is 17.7 Å². The number of nitrogens with zero attached hydrogens (tertiary/aromatic N) is 2. The molecule has 0 aliphatic carbocycles. The molecule has 1 heterocycles. The molecule has 0 saturated carbocycles. The molecule has 1 rings (SSSR count). The second-order valence-corrected chi connectivity index (χ2v) is 3.41. The van der Waals surface area contributed by atoms with Crippen molar-refractivity contribution in [1.29, 1.82) is 5.26 Å². The molecule has 1 aromatic heterocycles. The first kappa shape index (κ1) is 11.7. The molecule has 0 aliphatic rings. The van der Waals surface area contributed by atoms with Crippen molar-refractivity contribution in [3.05, 3.63) is 18.2 Å². The number of aryl methyl sites for hydroxylation is 1. The molecular formula is C11H18N3O+. The Morgan fingerprint density at radius 3 is 3.13 bits per heavy atom. The Morgan fingerprint density at radius 1 is 1.53 bits per heavy atom. The molecular weight excluding hydrogens is 190 g/mol. The van der Waals surface area contributed by atoms with Gasteiger partial charge in [0.25, 0.3) is 5.82 Å². The number of H-pyrrole nitrogens is 1. The van der Waals surface area contributed by atoms with Crippen molar-refractivity contribution in [3.8, 4) is 6.07 Å². The van der Waals surface area contributed by atoms with Gasteiger partial charge in [0.15, 0.2) is 6.54 Å². The molecule has 1 aromatic rings. The van der Waals surface area contributed by atoms with Crippen molar-refractivity contribution >= 4 is 0 Å². The Balaban J connectivity index is 2.25. The third kappa shape index (κ3) is 4.13. The molecule has 0 atom stereocenters. The molecule has 1 N–H and O–H groups in total. The maximum atomic E-state index is 8.59. The molecule has 4 nitrogen and oxygen atoms in total. The van der Waals surface area contributed by atoms with Crippen molar-refractivity contribution in [3.63, 3.8) is 0 Å². The summed E-state index contributed by atoms with van der Waals surface area (Å²) in [5, 5.41) is 8.59. The van der Waals surface area contributed by atoms with Crippen LogP contribution in [0.15, 0.2) is 12.4 Å². The predicted octanol–water partition coefficient (Wildman–Crippen LogP) is 1.18. The molecule has 0 unspecified atom stereocenters. The van der Waals surface area contributed by atoms with E-state index in [4.69, 9.17) is 10.00 Å². The number of nitrogens with one attached hydrogen (secondary N) is 1. The van der Waals surface area contributed by atoms with E-state index in [1.54, 1.807) is 0 Å². The van der Waals surface area contributed by atoms with Gasteiger partial charge >= 0.3 is 0 Å². The lowest BCUT2D eigenvalue weighted by molar-refractivity contribution is -0.691. The van der Waals surface area contributed by atoms with Crippen LogP contribution in [0.3, 0.4) is 0 Å². The Labute approximate surface area is 90.5 Å². The van der Waals surface area contributed by atoms with Crippen LogP contribution in [0.4, 0.5) is 0 Å². The van der Waals surface area contributed by atoms with E-state index in [9.17, 15) is 0 Å². The van der Waals surface area contributed by atoms with Crippen molar-refractivity contribution in [1.82, 2.24) is 4.98 Å². The summed E-state index contributed by atoms with van der Waals surface area (Å²) in [5.41, 5.74) is 0. The quantitative estimate of drug-likeness (QED) is 0.540. The largest absolute Gasteiger partial charge is 0.381 e. The van der Waals surface area contributed by atoms with Crippen molar-refractivity contribution in [2.75, 3.05) is 13.2 Å². The highest BCUT2D eigenvalue weighted by Gasteiger charge is 2.08. The van der Waals surface area contributed by atoms with Gasteiger partial charge in [-0.05, 0) is 12.8 Å². The lowest BCUT2D eigenvalue weighted by Gasteiger charge is -2.00. The fraction of sp³-hybridized carbons (Fsp3) is 0.636. The molecule has 15 heavy (non-hydrogen) atoms. The first-order chi connectivity index (χ1) is 7.38. The van der Waals surface area contributed by atoms with Gasteiger partial charge < -0.3 is 4.74 Å². The number of hydrogen-bond acceptors (Lipinski definition) is 2. The third-order valence-corrected chi connectivity index (χ3v) is 2.14. The van der Waals surface area contributed by atoms with Gasteiger partial charge in [-0.25, -0.2) is 9.55 Å². The third-order valence-electron chi connectivity index (χ3n) is 2.14. The van der Waals surface area contributed by atoms with Crippen LogP contribution in [0.25, 0.3) is 0 Å². The normalized spacial score (nSPS) is 10.1. The average Bonchev–Trinajstić information content (AvgIpc) is 2.66. The van der Waals surface area contributed by atoms with E-state index in [0.29, 0.717) is 6.54 Å². The molecule has 0 aliphatic heterocycles. The molecule has 0 radical (unpaired) electrons. The van der Waals surface area contributed by atoms with E-state index in [-0.39, 0.29) is 0 Å². The minimum Gasteiger partial charge on any atom is -0.381 e. The number of rotatable bonds is 7. The predicted molar refractivity (Wildman–Crippen MR) is 56.0 cm³/mol. The summed E-state index contributed by atoms with van der Waals surface area (Å²) in [6.07, 6.45) is 6.74. The van der Waals surface area contributed by atoms with Gasteiger partial charge in [0, 0.05) is 13.2 Å². The minimum absolute atomic E-state index is 0.411. The number of ether oxygens (including phenoxy) is 1. The van der Waals surface area contributed by atoms with E-state index in [0.717, 1.165) is 38.3 Å². The Morgan fingerprint density at radius 2 is 2.40 bits per heavy atom. The molecule has 0 saturated heterocycles. The first-order valence-corrected chi connectivity index (χ1v) is 5.39. The summed E-state index contributed by atoms with van der Waals surface area (Å²) >= 11 is 0. The average molecular weight is 208 g/mol. The molecule has 4 heteroatoms. The van der Waals surface area contributed by atoms with Gasteiger partial charge in [-0.1, -0.05) is 6.92 Å². The summed E-state index contributed by atoms with van der Waals surface area (Å²) in [5.74, 6) is 1.09. The van der Waals surface area contributed by atoms with Gasteiger partial charge in [-0.3, -0.25) is 0 Å². The first-order valence-electron chi connectivity index (χ1n) is 5.39. The zero-order chi connectivity index (χ0) is 10.9. The highest BCUT2D eigenvalue weighted by atomic mass is 16.5. The van der Waals surface area contributed by atoms with Crippen LogP contribution in [0, 0.1) is 11.3 Å². The van der Waals surface area contributed by atoms with Crippen molar-refractivity contribution < 1.29 is 9.30 Å². The van der Waals surface area contributed by atoms with Gasteiger partial charge in [0.1, 0.15) is 18.5 Å². The number of nitriles is 1. The number of imidazole rings is 1. The number of aromatic nitrogens is 2. The standard InChI is InChI=1S/C11H17N3O/c1-2-9-15-10-3-4-11-13-6-8-14(11)7-5-12/h6,8H,2-4,7,9-10H2,1H3/p+1. The molecule has 0 fully saturated rings. The minimum atomic E-state index is 0.411. The maximum absolute atomic E-state index is 8.59. The van der Waals surface area contributed by atoms with Gasteiger partial charge in [-0.15, -0.1) is 0 Å².